The van der Waals surface area contributed by atoms with E-state index in [1.165, 1.54) is 36.4 Å². The molecule has 5 heteroatoms. The Balaban J connectivity index is 1.59. The SMILES string of the molecule is Cc1ncsc1CN1CCC[C@H]1CN1CCC[C@H]1CO. The van der Waals surface area contributed by atoms with Crippen molar-refractivity contribution in [2.24, 2.45) is 0 Å². The zero-order valence-electron chi connectivity index (χ0n) is 12.3. The quantitative estimate of drug-likeness (QED) is 0.900. The molecule has 1 aromatic rings. The third kappa shape index (κ3) is 3.06. The van der Waals surface area contributed by atoms with Gasteiger partial charge in [-0.25, -0.2) is 4.98 Å². The lowest BCUT2D eigenvalue weighted by atomic mass is 10.2. The highest BCUT2D eigenvalue weighted by molar-refractivity contribution is 7.09. The molecule has 0 saturated carbocycles. The maximum atomic E-state index is 9.46. The van der Waals surface area contributed by atoms with Gasteiger partial charge in [0.05, 0.1) is 17.8 Å². The second kappa shape index (κ2) is 6.52. The molecule has 0 spiro atoms. The van der Waals surface area contributed by atoms with E-state index in [9.17, 15) is 5.11 Å². The van der Waals surface area contributed by atoms with Crippen molar-refractivity contribution in [3.05, 3.63) is 16.1 Å². The van der Waals surface area contributed by atoms with Gasteiger partial charge in [-0.3, -0.25) is 9.80 Å². The maximum absolute atomic E-state index is 9.46. The largest absolute Gasteiger partial charge is 0.395 e. The predicted octanol–water partition coefficient (Wildman–Crippen LogP) is 1.87. The first-order valence-electron chi connectivity index (χ1n) is 7.76. The zero-order valence-corrected chi connectivity index (χ0v) is 13.1. The van der Waals surface area contributed by atoms with Gasteiger partial charge in [-0.1, -0.05) is 0 Å². The number of aliphatic hydroxyl groups excluding tert-OH is 1. The standard InChI is InChI=1S/C15H25N3OS/c1-12-15(20-11-16-12)9-18-7-2-4-13(18)8-17-6-3-5-14(17)10-19/h11,13-14,19H,2-10H2,1H3/t13-,14-/m0/s1. The molecule has 2 aliphatic rings. The normalized spacial score (nSPS) is 28.5. The van der Waals surface area contributed by atoms with Gasteiger partial charge in [-0.2, -0.15) is 0 Å². The van der Waals surface area contributed by atoms with Crippen molar-refractivity contribution in [2.45, 2.75) is 51.2 Å². The number of aromatic nitrogens is 1. The summed E-state index contributed by atoms with van der Waals surface area (Å²) in [5, 5.41) is 9.46. The Hall–Kier alpha value is -0.490. The lowest BCUT2D eigenvalue weighted by Crippen LogP contribution is -2.43. The Morgan fingerprint density at radius 3 is 2.70 bits per heavy atom. The Bertz CT molecular complexity index is 437. The number of hydrogen-bond donors (Lipinski definition) is 1. The molecule has 2 saturated heterocycles. The molecular weight excluding hydrogens is 270 g/mol. The highest BCUT2D eigenvalue weighted by atomic mass is 32.1. The van der Waals surface area contributed by atoms with E-state index in [0.29, 0.717) is 18.7 Å². The summed E-state index contributed by atoms with van der Waals surface area (Å²) in [7, 11) is 0. The molecule has 0 amide bonds. The van der Waals surface area contributed by atoms with Gasteiger partial charge in [0.1, 0.15) is 0 Å². The average Bonchev–Trinajstić information content (AvgIpc) is 3.15. The summed E-state index contributed by atoms with van der Waals surface area (Å²) in [5.74, 6) is 0. The molecule has 3 heterocycles. The minimum absolute atomic E-state index is 0.320. The maximum Gasteiger partial charge on any atom is 0.0798 e. The number of likely N-dealkylation sites (tertiary alicyclic amines) is 2. The summed E-state index contributed by atoms with van der Waals surface area (Å²) in [6.45, 7) is 6.98. The van der Waals surface area contributed by atoms with E-state index in [1.807, 2.05) is 5.51 Å². The third-order valence-corrected chi connectivity index (χ3v) is 5.77. The Labute approximate surface area is 125 Å². The van der Waals surface area contributed by atoms with Crippen LogP contribution >= 0.6 is 11.3 Å². The van der Waals surface area contributed by atoms with Crippen LogP contribution in [0, 0.1) is 6.92 Å². The fourth-order valence-corrected chi connectivity index (χ4v) is 4.39. The minimum Gasteiger partial charge on any atom is -0.395 e. The van der Waals surface area contributed by atoms with Gasteiger partial charge in [0.15, 0.2) is 0 Å². The van der Waals surface area contributed by atoms with Crippen LogP contribution in [0.1, 0.15) is 36.3 Å². The molecule has 0 aromatic carbocycles. The van der Waals surface area contributed by atoms with Gasteiger partial charge in [0, 0.05) is 30.1 Å². The number of aryl methyl sites for hydroxylation is 1. The predicted molar refractivity (Wildman–Crippen MR) is 82.0 cm³/mol. The number of nitrogens with zero attached hydrogens (tertiary/aromatic N) is 3. The first kappa shape index (κ1) is 14.4. The number of thiazole rings is 1. The van der Waals surface area contributed by atoms with E-state index < -0.39 is 0 Å². The van der Waals surface area contributed by atoms with Crippen LogP contribution in [0.3, 0.4) is 0 Å². The van der Waals surface area contributed by atoms with Crippen LogP contribution in [-0.4, -0.2) is 58.2 Å². The molecule has 0 bridgehead atoms. The molecule has 2 fully saturated rings. The second-order valence-electron chi connectivity index (χ2n) is 6.10. The monoisotopic (exact) mass is 295 g/mol. The minimum atomic E-state index is 0.320. The second-order valence-corrected chi connectivity index (χ2v) is 7.04. The van der Waals surface area contributed by atoms with E-state index in [1.54, 1.807) is 11.3 Å². The van der Waals surface area contributed by atoms with Crippen molar-refractivity contribution in [1.29, 1.82) is 0 Å². The van der Waals surface area contributed by atoms with Crippen LogP contribution in [0.2, 0.25) is 0 Å². The van der Waals surface area contributed by atoms with Crippen molar-refractivity contribution in [2.75, 3.05) is 26.2 Å². The topological polar surface area (TPSA) is 39.6 Å². The highest BCUT2D eigenvalue weighted by Gasteiger charge is 2.31. The van der Waals surface area contributed by atoms with E-state index in [-0.39, 0.29) is 0 Å². The summed E-state index contributed by atoms with van der Waals surface area (Å²) in [6.07, 6.45) is 5.01. The molecule has 0 aliphatic carbocycles. The lowest BCUT2D eigenvalue weighted by Gasteiger charge is -2.31. The molecule has 20 heavy (non-hydrogen) atoms. The molecule has 112 valence electrons. The van der Waals surface area contributed by atoms with Crippen LogP contribution in [-0.2, 0) is 6.54 Å². The average molecular weight is 295 g/mol. The molecule has 3 rings (SSSR count). The van der Waals surface area contributed by atoms with Crippen LogP contribution in [0.25, 0.3) is 0 Å². The summed E-state index contributed by atoms with van der Waals surface area (Å²) >= 11 is 1.78. The first-order valence-corrected chi connectivity index (χ1v) is 8.64. The fraction of sp³-hybridized carbons (Fsp3) is 0.800. The molecule has 1 aromatic heterocycles. The van der Waals surface area contributed by atoms with Gasteiger partial charge in [-0.15, -0.1) is 11.3 Å². The van der Waals surface area contributed by atoms with Crippen molar-refractivity contribution in [3.63, 3.8) is 0 Å². The van der Waals surface area contributed by atoms with Crippen LogP contribution in [0.5, 0.6) is 0 Å². The summed E-state index contributed by atoms with van der Waals surface area (Å²) in [6, 6.07) is 1.06. The van der Waals surface area contributed by atoms with Gasteiger partial charge in [-0.05, 0) is 45.7 Å². The van der Waals surface area contributed by atoms with Crippen molar-refractivity contribution < 1.29 is 5.11 Å². The van der Waals surface area contributed by atoms with Crippen LogP contribution in [0.15, 0.2) is 5.51 Å². The van der Waals surface area contributed by atoms with E-state index in [2.05, 4.69) is 21.7 Å². The van der Waals surface area contributed by atoms with E-state index in [4.69, 9.17) is 0 Å². The number of aliphatic hydroxyl groups is 1. The molecule has 0 radical (unpaired) electrons. The number of rotatable bonds is 5. The van der Waals surface area contributed by atoms with Gasteiger partial charge in [0.2, 0.25) is 0 Å². The summed E-state index contributed by atoms with van der Waals surface area (Å²) in [5.41, 5.74) is 3.15. The van der Waals surface area contributed by atoms with Crippen LogP contribution in [0.4, 0.5) is 0 Å². The van der Waals surface area contributed by atoms with Gasteiger partial charge >= 0.3 is 0 Å². The van der Waals surface area contributed by atoms with E-state index >= 15 is 0 Å². The van der Waals surface area contributed by atoms with Gasteiger partial charge in [0.25, 0.3) is 0 Å². The van der Waals surface area contributed by atoms with Crippen molar-refractivity contribution in [3.8, 4) is 0 Å². The van der Waals surface area contributed by atoms with Crippen molar-refractivity contribution >= 4 is 11.3 Å². The highest BCUT2D eigenvalue weighted by Crippen LogP contribution is 2.26. The Morgan fingerprint density at radius 1 is 1.25 bits per heavy atom. The first-order chi connectivity index (χ1) is 9.78. The molecule has 2 atom stereocenters. The molecule has 0 unspecified atom stereocenters. The van der Waals surface area contributed by atoms with Crippen LogP contribution < -0.4 is 0 Å². The van der Waals surface area contributed by atoms with E-state index in [0.717, 1.165) is 26.1 Å². The smallest absolute Gasteiger partial charge is 0.0798 e. The third-order valence-electron chi connectivity index (χ3n) is 4.85. The Kier molecular flexibility index (Phi) is 4.71. The molecule has 4 nitrogen and oxygen atoms in total. The molecule has 1 N–H and O–H groups in total. The lowest BCUT2D eigenvalue weighted by molar-refractivity contribution is 0.120. The van der Waals surface area contributed by atoms with Gasteiger partial charge < -0.3 is 5.11 Å². The molecule has 2 aliphatic heterocycles. The number of hydrogen-bond acceptors (Lipinski definition) is 5. The Morgan fingerprint density at radius 2 is 2.00 bits per heavy atom. The molecular formula is C15H25N3OS. The van der Waals surface area contributed by atoms with Crippen molar-refractivity contribution in [1.82, 2.24) is 14.8 Å². The zero-order chi connectivity index (χ0) is 13.9. The summed E-state index contributed by atoms with van der Waals surface area (Å²) < 4.78 is 0. The fourth-order valence-electron chi connectivity index (χ4n) is 3.59. The summed E-state index contributed by atoms with van der Waals surface area (Å²) in [4.78, 5) is 10.9.